The molecule has 3 saturated carbocycles. The fourth-order valence-electron chi connectivity index (χ4n) is 4.96. The predicted octanol–water partition coefficient (Wildman–Crippen LogP) is 4.62. The molecule has 2 bridgehead atoms. The molecular weight excluding hydrogens is 372 g/mol. The van der Waals surface area contributed by atoms with Crippen molar-refractivity contribution in [2.75, 3.05) is 19.8 Å². The number of ether oxygens (including phenoxy) is 4. The van der Waals surface area contributed by atoms with Gasteiger partial charge in [0.1, 0.15) is 12.7 Å². The van der Waals surface area contributed by atoms with E-state index in [0.717, 1.165) is 44.8 Å². The predicted molar refractivity (Wildman–Crippen MR) is 112 cm³/mol. The van der Waals surface area contributed by atoms with Crippen LogP contribution in [-0.2, 0) is 23.7 Å². The zero-order valence-electron chi connectivity index (χ0n) is 18.5. The molecule has 0 unspecified atom stereocenters. The van der Waals surface area contributed by atoms with Crippen LogP contribution in [0, 0.1) is 17.3 Å². The Hall–Kier alpha value is -0.433. The minimum atomic E-state index is -1.13. The molecule has 0 aromatic rings. The molecule has 0 spiro atoms. The van der Waals surface area contributed by atoms with Crippen LogP contribution >= 0.6 is 0 Å². The average molecular weight is 413 g/mol. The molecule has 3 aliphatic carbocycles. The van der Waals surface area contributed by atoms with Crippen LogP contribution in [0.15, 0.2) is 0 Å². The van der Waals surface area contributed by atoms with E-state index in [1.807, 2.05) is 0 Å². The van der Waals surface area contributed by atoms with Gasteiger partial charge in [-0.25, -0.2) is 4.79 Å². The summed E-state index contributed by atoms with van der Waals surface area (Å²) >= 11 is 0. The fourth-order valence-corrected chi connectivity index (χ4v) is 5.72. The SMILES string of the molecule is CC1(C)C[C@H]2[C@H](OC(=O)COCC[Si](C)(C)C)C[C@H]1C[C@H]2O[C@@H]1CCCCO1. The van der Waals surface area contributed by atoms with Crippen molar-refractivity contribution in [2.45, 2.75) is 96.6 Å². The van der Waals surface area contributed by atoms with Crippen LogP contribution in [0.3, 0.4) is 0 Å². The molecule has 5 atom stereocenters. The van der Waals surface area contributed by atoms with E-state index in [-0.39, 0.29) is 42.4 Å². The second-order valence-corrected chi connectivity index (χ2v) is 16.5. The summed E-state index contributed by atoms with van der Waals surface area (Å²) in [5, 5.41) is 0. The highest BCUT2D eigenvalue weighted by Gasteiger charge is 2.53. The van der Waals surface area contributed by atoms with E-state index in [1.54, 1.807) is 0 Å². The molecule has 6 heteroatoms. The van der Waals surface area contributed by atoms with Crippen LogP contribution in [-0.4, -0.2) is 52.4 Å². The molecule has 0 N–H and O–H groups in total. The van der Waals surface area contributed by atoms with Crippen molar-refractivity contribution in [2.24, 2.45) is 17.3 Å². The van der Waals surface area contributed by atoms with Crippen molar-refractivity contribution in [1.82, 2.24) is 0 Å². The van der Waals surface area contributed by atoms with Crippen LogP contribution in [0.1, 0.15) is 52.4 Å². The summed E-state index contributed by atoms with van der Waals surface area (Å²) in [5.74, 6) is 0.562. The van der Waals surface area contributed by atoms with E-state index in [1.165, 1.54) is 6.42 Å². The van der Waals surface area contributed by atoms with Gasteiger partial charge in [0.2, 0.25) is 0 Å². The van der Waals surface area contributed by atoms with Crippen molar-refractivity contribution < 1.29 is 23.7 Å². The molecule has 1 aliphatic heterocycles. The molecule has 0 radical (unpaired) electrons. The van der Waals surface area contributed by atoms with Crippen molar-refractivity contribution in [3.8, 4) is 0 Å². The Labute approximate surface area is 171 Å². The molecule has 28 heavy (non-hydrogen) atoms. The smallest absolute Gasteiger partial charge is 0.332 e. The first-order chi connectivity index (χ1) is 13.1. The van der Waals surface area contributed by atoms with Gasteiger partial charge in [0.05, 0.1) is 6.10 Å². The summed E-state index contributed by atoms with van der Waals surface area (Å²) in [4.78, 5) is 12.4. The normalized spacial score (nSPS) is 35.0. The summed E-state index contributed by atoms with van der Waals surface area (Å²) in [6.07, 6.45) is 6.33. The zero-order valence-corrected chi connectivity index (χ0v) is 19.5. The Morgan fingerprint density at radius 3 is 2.54 bits per heavy atom. The first-order valence-corrected chi connectivity index (χ1v) is 14.9. The van der Waals surface area contributed by atoms with E-state index in [9.17, 15) is 4.79 Å². The van der Waals surface area contributed by atoms with Crippen LogP contribution in [0.5, 0.6) is 0 Å². The summed E-state index contributed by atoms with van der Waals surface area (Å²) in [5.41, 5.74) is 0.286. The molecule has 0 aromatic carbocycles. The van der Waals surface area contributed by atoms with Gasteiger partial charge in [-0.05, 0) is 55.9 Å². The lowest BCUT2D eigenvalue weighted by Gasteiger charge is -2.55. The molecular formula is C22H40O5Si. The summed E-state index contributed by atoms with van der Waals surface area (Å²) in [6, 6.07) is 1.07. The maximum absolute atomic E-state index is 12.4. The second kappa shape index (κ2) is 9.15. The maximum atomic E-state index is 12.4. The van der Waals surface area contributed by atoms with E-state index in [2.05, 4.69) is 33.5 Å². The van der Waals surface area contributed by atoms with Crippen molar-refractivity contribution >= 4 is 14.0 Å². The van der Waals surface area contributed by atoms with Crippen molar-refractivity contribution in [3.63, 3.8) is 0 Å². The lowest BCUT2D eigenvalue weighted by Crippen LogP contribution is -2.55. The number of esters is 1. The van der Waals surface area contributed by atoms with Gasteiger partial charge in [0, 0.05) is 27.2 Å². The first kappa shape index (κ1) is 22.3. The summed E-state index contributed by atoms with van der Waals surface area (Å²) in [6.45, 7) is 13.1. The Kier molecular flexibility index (Phi) is 7.27. The summed E-state index contributed by atoms with van der Waals surface area (Å²) < 4.78 is 23.7. The van der Waals surface area contributed by atoms with Gasteiger partial charge in [-0.2, -0.15) is 0 Å². The van der Waals surface area contributed by atoms with Gasteiger partial charge in [-0.15, -0.1) is 0 Å². The highest BCUT2D eigenvalue weighted by atomic mass is 28.3. The number of hydrogen-bond acceptors (Lipinski definition) is 5. The van der Waals surface area contributed by atoms with Gasteiger partial charge >= 0.3 is 5.97 Å². The van der Waals surface area contributed by atoms with Crippen molar-refractivity contribution in [3.05, 3.63) is 0 Å². The largest absolute Gasteiger partial charge is 0.460 e. The number of fused-ring (bicyclic) bond motifs is 3. The third-order valence-corrected chi connectivity index (χ3v) is 8.52. The molecule has 4 fully saturated rings. The molecule has 5 nitrogen and oxygen atoms in total. The monoisotopic (exact) mass is 412 g/mol. The first-order valence-electron chi connectivity index (χ1n) is 11.2. The van der Waals surface area contributed by atoms with Gasteiger partial charge in [-0.3, -0.25) is 0 Å². The fraction of sp³-hybridized carbons (Fsp3) is 0.955. The van der Waals surface area contributed by atoms with Crippen LogP contribution in [0.4, 0.5) is 0 Å². The topological polar surface area (TPSA) is 54.0 Å². The maximum Gasteiger partial charge on any atom is 0.332 e. The zero-order chi connectivity index (χ0) is 20.4. The molecule has 1 saturated heterocycles. The van der Waals surface area contributed by atoms with Gasteiger partial charge in [0.15, 0.2) is 6.29 Å². The van der Waals surface area contributed by atoms with Crippen LogP contribution in [0.2, 0.25) is 25.7 Å². The van der Waals surface area contributed by atoms with E-state index >= 15 is 0 Å². The number of carbonyl (C=O) groups is 1. The molecule has 0 aromatic heterocycles. The standard InChI is InChI=1S/C22H40O5Si/c1-22(2)14-17-18(26-20(23)15-24-10-11-28(3,4)5)12-16(22)13-19(17)27-21-8-6-7-9-25-21/h16-19,21H,6-15H2,1-5H3/t16-,17-,18+,19+,21+/m0/s1. The lowest BCUT2D eigenvalue weighted by atomic mass is 9.55. The Morgan fingerprint density at radius 1 is 1.14 bits per heavy atom. The van der Waals surface area contributed by atoms with Crippen LogP contribution in [0.25, 0.3) is 0 Å². The van der Waals surface area contributed by atoms with E-state index in [0.29, 0.717) is 12.5 Å². The Morgan fingerprint density at radius 2 is 1.89 bits per heavy atom. The summed E-state index contributed by atoms with van der Waals surface area (Å²) in [7, 11) is -1.13. The van der Waals surface area contributed by atoms with Gasteiger partial charge in [-0.1, -0.05) is 33.5 Å². The highest BCUT2D eigenvalue weighted by molar-refractivity contribution is 6.76. The van der Waals surface area contributed by atoms with Gasteiger partial charge < -0.3 is 18.9 Å². The Balaban J connectivity index is 1.51. The average Bonchev–Trinajstić information content (AvgIpc) is 2.60. The lowest BCUT2D eigenvalue weighted by molar-refractivity contribution is -0.243. The van der Waals surface area contributed by atoms with Crippen molar-refractivity contribution in [1.29, 1.82) is 0 Å². The third kappa shape index (κ3) is 6.03. The molecule has 4 aliphatic rings. The Bertz CT molecular complexity index is 524. The minimum Gasteiger partial charge on any atom is -0.460 e. The molecule has 4 rings (SSSR count). The minimum absolute atomic E-state index is 0.0477. The molecule has 0 amide bonds. The van der Waals surface area contributed by atoms with E-state index < -0.39 is 8.07 Å². The highest BCUT2D eigenvalue weighted by Crippen LogP contribution is 2.54. The quantitative estimate of drug-likeness (QED) is 0.331. The van der Waals surface area contributed by atoms with Gasteiger partial charge in [0.25, 0.3) is 0 Å². The second-order valence-electron chi connectivity index (χ2n) is 10.9. The number of rotatable bonds is 8. The van der Waals surface area contributed by atoms with Crippen LogP contribution < -0.4 is 0 Å². The van der Waals surface area contributed by atoms with E-state index in [4.69, 9.17) is 18.9 Å². The third-order valence-electron chi connectivity index (χ3n) is 6.82. The number of carbonyl (C=O) groups excluding carboxylic acids is 1. The molecule has 1 heterocycles. The molecule has 162 valence electrons. The number of hydrogen-bond donors (Lipinski definition) is 0.